The van der Waals surface area contributed by atoms with Crippen LogP contribution in [0.15, 0.2) is 69.5 Å². The van der Waals surface area contributed by atoms with Crippen molar-refractivity contribution >= 4 is 21.6 Å². The van der Waals surface area contributed by atoms with Crippen molar-refractivity contribution in [1.29, 1.82) is 0 Å². The molecule has 0 saturated carbocycles. The Balaban J connectivity index is 1.34. The predicted molar refractivity (Wildman–Crippen MR) is 116 cm³/mol. The average Bonchev–Trinajstić information content (AvgIpc) is 3.29. The third kappa shape index (κ3) is 4.34. The second-order valence-corrected chi connectivity index (χ2v) is 8.77. The lowest BCUT2D eigenvalue weighted by Gasteiger charge is -1.99. The molecule has 4 aromatic rings. The minimum absolute atomic E-state index is 0.678. The van der Waals surface area contributed by atoms with Gasteiger partial charge in [0.1, 0.15) is 11.5 Å². The van der Waals surface area contributed by atoms with E-state index in [9.17, 15) is 0 Å². The Kier molecular flexibility index (Phi) is 5.88. The molecule has 0 radical (unpaired) electrons. The number of nitrogens with zero attached hydrogens (tertiary/aromatic N) is 2. The van der Waals surface area contributed by atoms with Gasteiger partial charge >= 0.3 is 0 Å². The highest BCUT2D eigenvalue weighted by atomic mass is 33.1. The van der Waals surface area contributed by atoms with Crippen LogP contribution in [0.25, 0.3) is 22.9 Å². The van der Waals surface area contributed by atoms with Crippen LogP contribution in [-0.4, -0.2) is 9.97 Å². The van der Waals surface area contributed by atoms with Crippen molar-refractivity contribution in [3.63, 3.8) is 0 Å². The lowest BCUT2D eigenvalue weighted by molar-refractivity contribution is 0.536. The Hall–Kier alpha value is -2.44. The molecule has 0 aliphatic heterocycles. The van der Waals surface area contributed by atoms with Crippen molar-refractivity contribution in [2.45, 2.75) is 25.4 Å². The van der Waals surface area contributed by atoms with Crippen LogP contribution in [0.3, 0.4) is 0 Å². The van der Waals surface area contributed by atoms with Gasteiger partial charge in [0.2, 0.25) is 11.8 Å². The number of hydrogen-bond acceptors (Lipinski definition) is 6. The molecule has 0 amide bonds. The van der Waals surface area contributed by atoms with Crippen LogP contribution in [0.2, 0.25) is 0 Å². The van der Waals surface area contributed by atoms with Crippen LogP contribution >= 0.6 is 21.6 Å². The van der Waals surface area contributed by atoms with Gasteiger partial charge in [-0.3, -0.25) is 0 Å². The van der Waals surface area contributed by atoms with Gasteiger partial charge in [-0.05, 0) is 38.1 Å². The summed E-state index contributed by atoms with van der Waals surface area (Å²) in [6, 6.07) is 20.0. The fourth-order valence-electron chi connectivity index (χ4n) is 2.72. The maximum atomic E-state index is 5.96. The van der Waals surface area contributed by atoms with Crippen LogP contribution < -0.4 is 0 Å². The summed E-state index contributed by atoms with van der Waals surface area (Å²) in [5.41, 5.74) is 3.88. The van der Waals surface area contributed by atoms with E-state index in [0.717, 1.165) is 45.5 Å². The van der Waals surface area contributed by atoms with Crippen molar-refractivity contribution in [1.82, 2.24) is 9.97 Å². The van der Waals surface area contributed by atoms with E-state index in [2.05, 4.69) is 9.97 Å². The zero-order valence-corrected chi connectivity index (χ0v) is 17.3. The summed E-state index contributed by atoms with van der Waals surface area (Å²) >= 11 is 0. The van der Waals surface area contributed by atoms with Gasteiger partial charge in [-0.1, -0.05) is 58.0 Å². The topological polar surface area (TPSA) is 52.1 Å². The molecule has 6 heteroatoms. The molecule has 2 aromatic heterocycles. The molecular weight excluding hydrogens is 388 g/mol. The Morgan fingerprint density at radius 2 is 1.04 bits per heavy atom. The van der Waals surface area contributed by atoms with Crippen LogP contribution in [0, 0.1) is 13.8 Å². The van der Waals surface area contributed by atoms with Gasteiger partial charge in [-0.2, -0.15) is 0 Å². The maximum absolute atomic E-state index is 5.96. The molecule has 4 nitrogen and oxygen atoms in total. The first kappa shape index (κ1) is 18.9. The highest BCUT2D eigenvalue weighted by molar-refractivity contribution is 8.76. The van der Waals surface area contributed by atoms with Crippen molar-refractivity contribution in [3.8, 4) is 22.9 Å². The third-order valence-corrected chi connectivity index (χ3v) is 6.42. The van der Waals surface area contributed by atoms with Crippen LogP contribution in [0.1, 0.15) is 22.9 Å². The van der Waals surface area contributed by atoms with E-state index in [0.29, 0.717) is 11.8 Å². The molecular formula is C22H20N2O2S2. The van der Waals surface area contributed by atoms with E-state index in [1.54, 1.807) is 21.6 Å². The predicted octanol–water partition coefficient (Wildman–Crippen LogP) is 6.70. The first-order chi connectivity index (χ1) is 13.7. The zero-order chi connectivity index (χ0) is 19.3. The Morgan fingerprint density at radius 3 is 1.43 bits per heavy atom. The lowest BCUT2D eigenvalue weighted by atomic mass is 10.2. The van der Waals surface area contributed by atoms with E-state index in [4.69, 9.17) is 8.83 Å². The van der Waals surface area contributed by atoms with Gasteiger partial charge in [0.05, 0.1) is 22.9 Å². The molecule has 28 heavy (non-hydrogen) atoms. The molecule has 0 unspecified atom stereocenters. The first-order valence-corrected chi connectivity index (χ1v) is 11.5. The Labute approximate surface area is 172 Å². The van der Waals surface area contributed by atoms with E-state index in [1.165, 1.54) is 0 Å². The molecule has 0 aliphatic rings. The lowest BCUT2D eigenvalue weighted by Crippen LogP contribution is -1.81. The molecule has 4 rings (SSSR count). The van der Waals surface area contributed by atoms with Crippen molar-refractivity contribution in [2.24, 2.45) is 0 Å². The smallest absolute Gasteiger partial charge is 0.226 e. The molecule has 2 aromatic carbocycles. The van der Waals surface area contributed by atoms with Crippen LogP contribution in [-0.2, 0) is 11.5 Å². The second-order valence-electron chi connectivity index (χ2n) is 6.31. The van der Waals surface area contributed by atoms with Gasteiger partial charge in [-0.15, -0.1) is 0 Å². The minimum atomic E-state index is 0.678. The molecule has 0 saturated heterocycles. The summed E-state index contributed by atoms with van der Waals surface area (Å²) in [6.07, 6.45) is 0. The van der Waals surface area contributed by atoms with Crippen LogP contribution in [0.5, 0.6) is 0 Å². The second kappa shape index (κ2) is 8.71. The zero-order valence-electron chi connectivity index (χ0n) is 15.7. The molecule has 2 heterocycles. The van der Waals surface area contributed by atoms with Gasteiger partial charge in [0.25, 0.3) is 0 Å². The number of hydrogen-bond donors (Lipinski definition) is 0. The Bertz CT molecular complexity index is 957. The standard InChI is InChI=1S/C22H20N2O2S2/c1-15-19(25-21(23-15)17-9-5-3-6-10-17)13-27-28-14-20-16(2)24-22(26-20)18-11-7-4-8-12-18/h3-12H,13-14H2,1-2H3. The number of rotatable bonds is 7. The number of benzene rings is 2. The first-order valence-electron chi connectivity index (χ1n) is 8.98. The SMILES string of the molecule is Cc1nc(-c2ccccc2)oc1CSSCc1oc(-c2ccccc2)nc1C. The Morgan fingerprint density at radius 1 is 0.643 bits per heavy atom. The summed E-state index contributed by atoms with van der Waals surface area (Å²) in [5.74, 6) is 4.70. The fourth-order valence-corrected chi connectivity index (χ4v) is 4.78. The maximum Gasteiger partial charge on any atom is 0.226 e. The molecule has 0 N–H and O–H groups in total. The van der Waals surface area contributed by atoms with Crippen molar-refractivity contribution in [3.05, 3.63) is 83.6 Å². The molecule has 142 valence electrons. The van der Waals surface area contributed by atoms with Crippen molar-refractivity contribution in [2.75, 3.05) is 0 Å². The largest absolute Gasteiger partial charge is 0.440 e. The van der Waals surface area contributed by atoms with Gasteiger partial charge in [0.15, 0.2) is 0 Å². The summed E-state index contributed by atoms with van der Waals surface area (Å²) in [4.78, 5) is 9.10. The van der Waals surface area contributed by atoms with Crippen LogP contribution in [0.4, 0.5) is 0 Å². The number of oxazole rings is 2. The summed E-state index contributed by atoms with van der Waals surface area (Å²) < 4.78 is 11.9. The highest BCUT2D eigenvalue weighted by Crippen LogP contribution is 2.34. The molecule has 0 bridgehead atoms. The van der Waals surface area contributed by atoms with Gasteiger partial charge < -0.3 is 8.83 Å². The highest BCUT2D eigenvalue weighted by Gasteiger charge is 2.14. The van der Waals surface area contributed by atoms with Gasteiger partial charge in [-0.25, -0.2) is 9.97 Å². The third-order valence-electron chi connectivity index (χ3n) is 4.29. The number of aryl methyl sites for hydroxylation is 2. The molecule has 0 fully saturated rings. The summed E-state index contributed by atoms with van der Waals surface area (Å²) in [7, 11) is 3.47. The van der Waals surface area contributed by atoms with Crippen molar-refractivity contribution < 1.29 is 8.83 Å². The quantitative estimate of drug-likeness (QED) is 0.251. The van der Waals surface area contributed by atoms with E-state index < -0.39 is 0 Å². The summed E-state index contributed by atoms with van der Waals surface area (Å²) in [5, 5.41) is 0. The monoisotopic (exact) mass is 408 g/mol. The summed E-state index contributed by atoms with van der Waals surface area (Å²) in [6.45, 7) is 3.98. The molecule has 0 atom stereocenters. The molecule has 0 spiro atoms. The van der Waals surface area contributed by atoms with E-state index in [1.807, 2.05) is 74.5 Å². The fraction of sp³-hybridized carbons (Fsp3) is 0.182. The average molecular weight is 409 g/mol. The van der Waals surface area contributed by atoms with E-state index in [-0.39, 0.29) is 0 Å². The van der Waals surface area contributed by atoms with Gasteiger partial charge in [0, 0.05) is 11.1 Å². The number of aromatic nitrogens is 2. The van der Waals surface area contributed by atoms with E-state index >= 15 is 0 Å². The normalized spacial score (nSPS) is 11.1. The minimum Gasteiger partial charge on any atom is -0.440 e. The molecule has 0 aliphatic carbocycles.